The highest BCUT2D eigenvalue weighted by atomic mass is 16.6. The SMILES string of the molecule is C=CCCC1CN(N)C(=O)O1. The molecule has 0 aromatic heterocycles. The molecule has 1 aliphatic heterocycles. The first-order valence-corrected chi connectivity index (χ1v) is 3.57. The number of ether oxygens (including phenoxy) is 1. The molecular formula is C7H12N2O2. The Morgan fingerprint density at radius 3 is 3.09 bits per heavy atom. The molecule has 0 radical (unpaired) electrons. The van der Waals surface area contributed by atoms with E-state index in [4.69, 9.17) is 10.6 Å². The average molecular weight is 156 g/mol. The third-order valence-corrected chi connectivity index (χ3v) is 1.60. The maximum atomic E-state index is 10.7. The summed E-state index contributed by atoms with van der Waals surface area (Å²) in [5.74, 6) is 5.27. The molecule has 1 aliphatic rings. The van der Waals surface area contributed by atoms with Gasteiger partial charge < -0.3 is 4.74 Å². The number of amides is 1. The lowest BCUT2D eigenvalue weighted by molar-refractivity contribution is 0.129. The molecule has 1 saturated heterocycles. The summed E-state index contributed by atoms with van der Waals surface area (Å²) in [5, 5.41) is 1.09. The number of hydrogen-bond donors (Lipinski definition) is 1. The summed E-state index contributed by atoms with van der Waals surface area (Å²) in [6.45, 7) is 4.07. The van der Waals surface area contributed by atoms with E-state index in [9.17, 15) is 4.79 Å². The average Bonchev–Trinajstić information content (AvgIpc) is 2.28. The van der Waals surface area contributed by atoms with E-state index in [1.54, 1.807) is 6.08 Å². The van der Waals surface area contributed by atoms with Crippen molar-refractivity contribution in [3.63, 3.8) is 0 Å². The first-order valence-electron chi connectivity index (χ1n) is 3.57. The summed E-state index contributed by atoms with van der Waals surface area (Å²) in [5.41, 5.74) is 0. The topological polar surface area (TPSA) is 55.6 Å². The summed E-state index contributed by atoms with van der Waals surface area (Å²) in [6, 6.07) is 0. The largest absolute Gasteiger partial charge is 0.443 e. The molecule has 1 amide bonds. The summed E-state index contributed by atoms with van der Waals surface area (Å²) < 4.78 is 4.89. The van der Waals surface area contributed by atoms with Gasteiger partial charge in [-0.1, -0.05) is 6.08 Å². The van der Waals surface area contributed by atoms with Gasteiger partial charge in [0, 0.05) is 0 Å². The van der Waals surface area contributed by atoms with Crippen LogP contribution in [0.1, 0.15) is 12.8 Å². The van der Waals surface area contributed by atoms with Crippen LogP contribution in [0.5, 0.6) is 0 Å². The predicted octanol–water partition coefficient (Wildman–Crippen LogP) is 0.647. The number of cyclic esters (lactones) is 1. The van der Waals surface area contributed by atoms with Crippen molar-refractivity contribution >= 4 is 6.09 Å². The number of hydrogen-bond acceptors (Lipinski definition) is 3. The zero-order chi connectivity index (χ0) is 8.27. The van der Waals surface area contributed by atoms with Gasteiger partial charge in [-0.15, -0.1) is 6.58 Å². The highest BCUT2D eigenvalue weighted by Crippen LogP contribution is 2.11. The zero-order valence-corrected chi connectivity index (χ0v) is 6.32. The van der Waals surface area contributed by atoms with E-state index < -0.39 is 6.09 Å². The molecule has 1 fully saturated rings. The Labute approximate surface area is 65.6 Å². The van der Waals surface area contributed by atoms with Crippen LogP contribution < -0.4 is 5.84 Å². The molecule has 1 unspecified atom stereocenters. The normalized spacial score (nSPS) is 23.5. The molecule has 0 aromatic rings. The third kappa shape index (κ3) is 1.94. The lowest BCUT2D eigenvalue weighted by atomic mass is 10.2. The molecule has 0 saturated carbocycles. The van der Waals surface area contributed by atoms with E-state index in [0.717, 1.165) is 17.9 Å². The van der Waals surface area contributed by atoms with Gasteiger partial charge in [0.1, 0.15) is 6.10 Å². The second-order valence-corrected chi connectivity index (χ2v) is 2.52. The van der Waals surface area contributed by atoms with Gasteiger partial charge >= 0.3 is 6.09 Å². The minimum Gasteiger partial charge on any atom is -0.443 e. The molecular weight excluding hydrogens is 144 g/mol. The molecule has 2 N–H and O–H groups in total. The first kappa shape index (κ1) is 8.07. The monoisotopic (exact) mass is 156 g/mol. The summed E-state index contributed by atoms with van der Waals surface area (Å²) >= 11 is 0. The number of allylic oxidation sites excluding steroid dienone is 1. The molecule has 0 aromatic carbocycles. The van der Waals surface area contributed by atoms with Gasteiger partial charge in [-0.05, 0) is 12.8 Å². The van der Waals surface area contributed by atoms with Gasteiger partial charge in [0.25, 0.3) is 0 Å². The Morgan fingerprint density at radius 1 is 1.91 bits per heavy atom. The van der Waals surface area contributed by atoms with Gasteiger partial charge in [-0.3, -0.25) is 0 Å². The lowest BCUT2D eigenvalue weighted by Crippen LogP contribution is -2.32. The van der Waals surface area contributed by atoms with Gasteiger partial charge in [-0.25, -0.2) is 15.6 Å². The standard InChI is InChI=1S/C7H12N2O2/c1-2-3-4-6-5-9(8)7(10)11-6/h2,6H,1,3-5,8H2. The van der Waals surface area contributed by atoms with Crippen molar-refractivity contribution in [2.75, 3.05) is 6.54 Å². The van der Waals surface area contributed by atoms with E-state index in [2.05, 4.69) is 6.58 Å². The number of rotatable bonds is 3. The quantitative estimate of drug-likeness (QED) is 0.371. The lowest BCUT2D eigenvalue weighted by Gasteiger charge is -2.03. The molecule has 11 heavy (non-hydrogen) atoms. The summed E-state index contributed by atoms with van der Waals surface area (Å²) in [4.78, 5) is 10.7. The Balaban J connectivity index is 2.29. The minimum absolute atomic E-state index is 0.0505. The number of carbonyl (C=O) groups excluding carboxylic acids is 1. The number of nitrogens with two attached hydrogens (primary N) is 1. The van der Waals surface area contributed by atoms with Crippen LogP contribution in [-0.2, 0) is 4.74 Å². The van der Waals surface area contributed by atoms with Crippen LogP contribution in [0.15, 0.2) is 12.7 Å². The molecule has 1 atom stereocenters. The maximum Gasteiger partial charge on any atom is 0.424 e. The molecule has 1 rings (SSSR count). The molecule has 0 aliphatic carbocycles. The van der Waals surface area contributed by atoms with Crippen molar-refractivity contribution < 1.29 is 9.53 Å². The fourth-order valence-electron chi connectivity index (χ4n) is 0.995. The molecule has 4 heteroatoms. The van der Waals surface area contributed by atoms with Crippen LogP contribution >= 0.6 is 0 Å². The van der Waals surface area contributed by atoms with E-state index in [0.29, 0.717) is 6.54 Å². The van der Waals surface area contributed by atoms with Crippen molar-refractivity contribution in [1.82, 2.24) is 5.01 Å². The van der Waals surface area contributed by atoms with Crippen molar-refractivity contribution in [1.29, 1.82) is 0 Å². The zero-order valence-electron chi connectivity index (χ0n) is 6.32. The Hall–Kier alpha value is -1.03. The van der Waals surface area contributed by atoms with Gasteiger partial charge in [0.15, 0.2) is 0 Å². The highest BCUT2D eigenvalue weighted by molar-refractivity contribution is 5.68. The van der Waals surface area contributed by atoms with Crippen molar-refractivity contribution in [2.24, 2.45) is 5.84 Å². The molecule has 4 nitrogen and oxygen atoms in total. The van der Waals surface area contributed by atoms with Crippen molar-refractivity contribution in [3.8, 4) is 0 Å². The van der Waals surface area contributed by atoms with Gasteiger partial charge in [0.2, 0.25) is 0 Å². The number of hydrazine groups is 1. The Morgan fingerprint density at radius 2 is 2.64 bits per heavy atom. The van der Waals surface area contributed by atoms with Crippen LogP contribution in [0, 0.1) is 0 Å². The molecule has 1 heterocycles. The second kappa shape index (κ2) is 3.39. The fraction of sp³-hybridized carbons (Fsp3) is 0.571. The van der Waals surface area contributed by atoms with Gasteiger partial charge in [0.05, 0.1) is 6.54 Å². The Kier molecular flexibility index (Phi) is 2.48. The van der Waals surface area contributed by atoms with E-state index in [-0.39, 0.29) is 6.10 Å². The van der Waals surface area contributed by atoms with Crippen molar-refractivity contribution in [2.45, 2.75) is 18.9 Å². The van der Waals surface area contributed by atoms with Crippen LogP contribution in [-0.4, -0.2) is 23.8 Å². The first-order chi connectivity index (χ1) is 5.24. The minimum atomic E-state index is -0.431. The maximum absolute atomic E-state index is 10.7. The number of carbonyl (C=O) groups is 1. The van der Waals surface area contributed by atoms with Gasteiger partial charge in [-0.2, -0.15) is 0 Å². The second-order valence-electron chi connectivity index (χ2n) is 2.52. The predicted molar refractivity (Wildman–Crippen MR) is 40.6 cm³/mol. The van der Waals surface area contributed by atoms with E-state index in [1.165, 1.54) is 0 Å². The Bertz CT molecular complexity index is 170. The molecule has 62 valence electrons. The number of nitrogens with zero attached hydrogens (tertiary/aromatic N) is 1. The van der Waals surface area contributed by atoms with Crippen LogP contribution in [0.25, 0.3) is 0 Å². The van der Waals surface area contributed by atoms with Crippen molar-refractivity contribution in [3.05, 3.63) is 12.7 Å². The van der Waals surface area contributed by atoms with E-state index in [1.807, 2.05) is 0 Å². The fourth-order valence-corrected chi connectivity index (χ4v) is 0.995. The molecule has 0 bridgehead atoms. The van der Waals surface area contributed by atoms with Crippen LogP contribution in [0.4, 0.5) is 4.79 Å². The molecule has 0 spiro atoms. The van der Waals surface area contributed by atoms with Crippen LogP contribution in [0.3, 0.4) is 0 Å². The summed E-state index contributed by atoms with van der Waals surface area (Å²) in [7, 11) is 0. The van der Waals surface area contributed by atoms with E-state index >= 15 is 0 Å². The smallest absolute Gasteiger partial charge is 0.424 e. The highest BCUT2D eigenvalue weighted by Gasteiger charge is 2.27. The third-order valence-electron chi connectivity index (χ3n) is 1.60. The van der Waals surface area contributed by atoms with Crippen LogP contribution in [0.2, 0.25) is 0 Å². The summed E-state index contributed by atoms with van der Waals surface area (Å²) in [6.07, 6.45) is 2.98.